The van der Waals surface area contributed by atoms with Crippen LogP contribution in [0.2, 0.25) is 0 Å². The quantitative estimate of drug-likeness (QED) is 0.510. The summed E-state index contributed by atoms with van der Waals surface area (Å²) in [7, 11) is -4.31. The summed E-state index contributed by atoms with van der Waals surface area (Å²) in [4.78, 5) is 39.7. The van der Waals surface area contributed by atoms with Crippen molar-refractivity contribution in [2.24, 2.45) is 5.73 Å². The van der Waals surface area contributed by atoms with Gasteiger partial charge in [-0.3, -0.25) is 14.4 Å². The maximum absolute atomic E-state index is 13.1. The smallest absolute Gasteiger partial charge is 0.253 e. The first-order valence-electron chi connectivity index (χ1n) is 9.81. The molecule has 0 aromatic heterocycles. The van der Waals surface area contributed by atoms with Crippen molar-refractivity contribution >= 4 is 33.4 Å². The molecule has 2 fully saturated rings. The topological polar surface area (TPSA) is 148 Å². The summed E-state index contributed by atoms with van der Waals surface area (Å²) in [5.74, 6) is -2.13. The lowest BCUT2D eigenvalue weighted by atomic mass is 10.1. The molecule has 1 aromatic carbocycles. The van der Waals surface area contributed by atoms with Gasteiger partial charge in [-0.25, -0.2) is 8.42 Å². The predicted molar refractivity (Wildman–Crippen MR) is 110 cm³/mol. The second kappa shape index (κ2) is 9.30. The van der Waals surface area contributed by atoms with E-state index in [9.17, 15) is 22.8 Å². The largest absolute Gasteiger partial charge is 0.377 e. The number of nitrogens with zero attached hydrogens (tertiary/aromatic N) is 2. The van der Waals surface area contributed by atoms with Gasteiger partial charge < -0.3 is 25.0 Å². The van der Waals surface area contributed by atoms with Crippen LogP contribution in [-0.4, -0.2) is 82.6 Å². The molecule has 11 nitrogen and oxygen atoms in total. The highest BCUT2D eigenvalue weighted by atomic mass is 32.2. The highest BCUT2D eigenvalue weighted by Gasteiger charge is 2.37. The van der Waals surface area contributed by atoms with Gasteiger partial charge in [0.05, 0.1) is 30.8 Å². The van der Waals surface area contributed by atoms with Crippen molar-refractivity contribution in [1.29, 1.82) is 0 Å². The normalized spacial score (nSPS) is 21.1. The van der Waals surface area contributed by atoms with Gasteiger partial charge in [-0.1, -0.05) is 6.07 Å². The van der Waals surface area contributed by atoms with Gasteiger partial charge in [0, 0.05) is 18.8 Å². The first-order chi connectivity index (χ1) is 14.6. The zero-order valence-corrected chi connectivity index (χ0v) is 18.2. The highest BCUT2D eigenvalue weighted by molar-refractivity contribution is 7.89. The number of carbonyl (C=O) groups is 3. The summed E-state index contributed by atoms with van der Waals surface area (Å²) in [6.07, 6.45) is 0. The number of benzene rings is 1. The monoisotopic (exact) mass is 454 g/mol. The number of rotatable bonds is 6. The molecule has 2 atom stereocenters. The van der Waals surface area contributed by atoms with Crippen molar-refractivity contribution in [3.8, 4) is 0 Å². The van der Waals surface area contributed by atoms with E-state index in [1.165, 1.54) is 21.9 Å². The molecule has 2 saturated heterocycles. The molecule has 3 N–H and O–H groups in total. The number of hydrogen-bond acceptors (Lipinski definition) is 7. The molecule has 0 bridgehead atoms. The van der Waals surface area contributed by atoms with Crippen LogP contribution in [-0.2, 0) is 33.9 Å². The van der Waals surface area contributed by atoms with E-state index in [1.54, 1.807) is 19.9 Å². The Morgan fingerprint density at radius 3 is 2.58 bits per heavy atom. The minimum absolute atomic E-state index is 0.0926. The Bertz CT molecular complexity index is 981. The molecule has 12 heteroatoms. The average Bonchev–Trinajstić information content (AvgIpc) is 2.72. The van der Waals surface area contributed by atoms with E-state index >= 15 is 0 Å². The fourth-order valence-corrected chi connectivity index (χ4v) is 5.05. The first kappa shape index (κ1) is 23.1. The number of nitrogens with one attached hydrogen (secondary N) is 1. The van der Waals surface area contributed by atoms with E-state index in [2.05, 4.69) is 4.72 Å². The molecule has 3 rings (SSSR count). The van der Waals surface area contributed by atoms with Crippen molar-refractivity contribution in [3.05, 3.63) is 23.8 Å². The zero-order valence-electron chi connectivity index (χ0n) is 17.4. The molecule has 2 aliphatic heterocycles. The van der Waals surface area contributed by atoms with Crippen LogP contribution < -0.4 is 15.4 Å². The lowest BCUT2D eigenvalue weighted by Gasteiger charge is -2.35. The number of sulfonamides is 1. The van der Waals surface area contributed by atoms with Crippen LogP contribution in [0.15, 0.2) is 23.1 Å². The van der Waals surface area contributed by atoms with Crippen LogP contribution >= 0.6 is 0 Å². The number of hydrogen-bond donors (Lipinski definition) is 2. The molecular formula is C19H26N4O7S. The Morgan fingerprint density at radius 2 is 1.94 bits per heavy atom. The third-order valence-corrected chi connectivity index (χ3v) is 6.84. The van der Waals surface area contributed by atoms with E-state index in [-0.39, 0.29) is 49.8 Å². The number of amides is 3. The van der Waals surface area contributed by atoms with Crippen molar-refractivity contribution < 1.29 is 32.3 Å². The number of nitrogens with two attached hydrogens (primary N) is 1. The minimum Gasteiger partial charge on any atom is -0.377 e. The SMILES string of the molecule is Cc1c(N2CCOCC2=O)cccc1S(=O)(=O)N[C@@H](C(N)=O)C(=O)N1CCOC[C@@H]1C. The Labute approximate surface area is 180 Å². The fraction of sp³-hybridized carbons (Fsp3) is 0.526. The third-order valence-electron chi connectivity index (χ3n) is 5.28. The van der Waals surface area contributed by atoms with E-state index in [0.29, 0.717) is 17.9 Å². The summed E-state index contributed by atoms with van der Waals surface area (Å²) in [6.45, 7) is 4.59. The molecule has 0 saturated carbocycles. The minimum atomic E-state index is -4.31. The van der Waals surface area contributed by atoms with Gasteiger partial charge in [0.25, 0.3) is 11.8 Å². The number of anilines is 1. The van der Waals surface area contributed by atoms with E-state index in [1.807, 2.05) is 0 Å². The Morgan fingerprint density at radius 1 is 1.23 bits per heavy atom. The summed E-state index contributed by atoms with van der Waals surface area (Å²) in [5, 5.41) is 0. The molecule has 3 amide bonds. The van der Waals surface area contributed by atoms with E-state index < -0.39 is 27.9 Å². The second-order valence-electron chi connectivity index (χ2n) is 7.41. The average molecular weight is 455 g/mol. The Balaban J connectivity index is 1.89. The lowest BCUT2D eigenvalue weighted by molar-refractivity contribution is -0.144. The molecule has 2 aliphatic rings. The van der Waals surface area contributed by atoms with E-state index in [4.69, 9.17) is 15.2 Å². The molecule has 2 heterocycles. The van der Waals surface area contributed by atoms with Crippen LogP contribution in [0.5, 0.6) is 0 Å². The lowest BCUT2D eigenvalue weighted by Crippen LogP contribution is -2.59. The van der Waals surface area contributed by atoms with Gasteiger partial charge in [-0.05, 0) is 31.5 Å². The maximum Gasteiger partial charge on any atom is 0.253 e. The molecular weight excluding hydrogens is 428 g/mol. The van der Waals surface area contributed by atoms with Crippen LogP contribution in [0.1, 0.15) is 12.5 Å². The summed E-state index contributed by atoms with van der Waals surface area (Å²) in [5.41, 5.74) is 6.09. The van der Waals surface area contributed by atoms with Crippen LogP contribution in [0.4, 0.5) is 5.69 Å². The number of carbonyl (C=O) groups excluding carboxylic acids is 3. The summed E-state index contributed by atoms with van der Waals surface area (Å²) < 4.78 is 38.8. The van der Waals surface area contributed by atoms with Gasteiger partial charge in [-0.15, -0.1) is 0 Å². The molecule has 0 spiro atoms. The Hall–Kier alpha value is -2.54. The van der Waals surface area contributed by atoms with Crippen molar-refractivity contribution in [2.75, 3.05) is 44.4 Å². The highest BCUT2D eigenvalue weighted by Crippen LogP contribution is 2.27. The van der Waals surface area contributed by atoms with E-state index in [0.717, 1.165) is 0 Å². The summed E-state index contributed by atoms with van der Waals surface area (Å²) in [6, 6.07) is 2.36. The van der Waals surface area contributed by atoms with Gasteiger partial charge >= 0.3 is 0 Å². The van der Waals surface area contributed by atoms with Crippen LogP contribution in [0, 0.1) is 6.92 Å². The van der Waals surface area contributed by atoms with Gasteiger partial charge in [-0.2, -0.15) is 4.72 Å². The number of morpholine rings is 2. The summed E-state index contributed by atoms with van der Waals surface area (Å²) >= 11 is 0. The molecule has 1 aromatic rings. The molecule has 170 valence electrons. The van der Waals surface area contributed by atoms with Gasteiger partial charge in [0.15, 0.2) is 6.04 Å². The molecule has 31 heavy (non-hydrogen) atoms. The second-order valence-corrected chi connectivity index (χ2v) is 9.09. The molecule has 0 aliphatic carbocycles. The Kier molecular flexibility index (Phi) is 6.94. The molecule has 0 radical (unpaired) electrons. The van der Waals surface area contributed by atoms with Crippen LogP contribution in [0.25, 0.3) is 0 Å². The number of primary amides is 1. The maximum atomic E-state index is 13.1. The number of ether oxygens (including phenoxy) is 2. The van der Waals surface area contributed by atoms with Gasteiger partial charge in [0.2, 0.25) is 15.9 Å². The van der Waals surface area contributed by atoms with Crippen molar-refractivity contribution in [1.82, 2.24) is 9.62 Å². The van der Waals surface area contributed by atoms with Crippen LogP contribution in [0.3, 0.4) is 0 Å². The standard InChI is InChI=1S/C19H26N4O7S/c1-12-10-29-8-6-22(12)19(26)17(18(20)25)21-31(27,28)15-5-3-4-14(13(15)2)23-7-9-30-11-16(23)24/h3-5,12,17,21H,6-11H2,1-2H3,(H2,20,25)/t12-,17-/m0/s1. The third kappa shape index (κ3) is 4.87. The van der Waals surface area contributed by atoms with Crippen molar-refractivity contribution in [3.63, 3.8) is 0 Å². The first-order valence-corrected chi connectivity index (χ1v) is 11.3. The van der Waals surface area contributed by atoms with Crippen molar-refractivity contribution in [2.45, 2.75) is 30.8 Å². The fourth-order valence-electron chi connectivity index (χ4n) is 3.63. The zero-order chi connectivity index (χ0) is 22.8. The molecule has 0 unspecified atom stereocenters. The predicted octanol–water partition coefficient (Wildman–Crippen LogP) is -1.26. The van der Waals surface area contributed by atoms with Gasteiger partial charge in [0.1, 0.15) is 6.61 Å².